The van der Waals surface area contributed by atoms with Crippen molar-refractivity contribution in [1.29, 1.82) is 0 Å². The first-order valence-corrected chi connectivity index (χ1v) is 2.62. The van der Waals surface area contributed by atoms with Gasteiger partial charge >= 0.3 is 5.97 Å². The summed E-state index contributed by atoms with van der Waals surface area (Å²) < 4.78 is 46.6. The van der Waals surface area contributed by atoms with Gasteiger partial charge in [-0.3, -0.25) is 0 Å². The van der Waals surface area contributed by atoms with Crippen LogP contribution >= 0.6 is 0 Å². The maximum atomic E-state index is 12.1. The molecule has 0 radical (unpaired) electrons. The van der Waals surface area contributed by atoms with Gasteiger partial charge in [0.15, 0.2) is 5.83 Å². The van der Waals surface area contributed by atoms with Gasteiger partial charge in [0.25, 0.3) is 6.43 Å². The Labute approximate surface area is 63.9 Å². The Balaban J connectivity index is 4.66. The Morgan fingerprint density at radius 1 is 1.17 bits per heavy atom. The molecule has 2 N–H and O–H groups in total. The lowest BCUT2D eigenvalue weighted by Gasteiger charge is -2.03. The first-order chi connectivity index (χ1) is 5.37. The molecule has 0 aromatic carbocycles. The van der Waals surface area contributed by atoms with Gasteiger partial charge in [-0.25, -0.2) is 22.4 Å². The number of hydrogen-bond donors (Lipinski definition) is 2. The SMILES string of the molecule is O=C(O)C(O)C(F)=C(F)C(F)F. The Bertz CT molecular complexity index is 213. The molecule has 0 aliphatic heterocycles. The summed E-state index contributed by atoms with van der Waals surface area (Å²) in [7, 11) is 0. The molecule has 12 heavy (non-hydrogen) atoms. The van der Waals surface area contributed by atoms with Crippen LogP contribution in [0.2, 0.25) is 0 Å². The minimum absolute atomic E-state index is 2.14. The van der Waals surface area contributed by atoms with Crippen LogP contribution < -0.4 is 0 Å². The van der Waals surface area contributed by atoms with Crippen molar-refractivity contribution >= 4 is 5.97 Å². The molecule has 1 unspecified atom stereocenters. The molecule has 7 heteroatoms. The quantitative estimate of drug-likeness (QED) is 0.645. The van der Waals surface area contributed by atoms with Gasteiger partial charge < -0.3 is 10.2 Å². The highest BCUT2D eigenvalue weighted by molar-refractivity contribution is 5.75. The van der Waals surface area contributed by atoms with E-state index >= 15 is 0 Å². The standard InChI is InChI=1S/C5H4F4O3/c6-1(2(7)4(8)9)3(10)5(11)12/h3-4,10H,(H,11,12). The molecule has 0 rings (SSSR count). The third kappa shape index (κ3) is 2.50. The van der Waals surface area contributed by atoms with Crippen molar-refractivity contribution in [2.45, 2.75) is 12.5 Å². The molecule has 1 atom stereocenters. The molecule has 0 saturated heterocycles. The predicted molar refractivity (Wildman–Crippen MR) is 28.9 cm³/mol. The number of hydrogen-bond acceptors (Lipinski definition) is 2. The summed E-state index contributed by atoms with van der Waals surface area (Å²) in [5, 5.41) is 16.1. The highest BCUT2D eigenvalue weighted by Crippen LogP contribution is 2.19. The van der Waals surface area contributed by atoms with Gasteiger partial charge in [0, 0.05) is 0 Å². The lowest BCUT2D eigenvalue weighted by atomic mass is 10.3. The van der Waals surface area contributed by atoms with Crippen LogP contribution in [0.4, 0.5) is 17.6 Å². The Morgan fingerprint density at radius 3 is 1.83 bits per heavy atom. The molecule has 0 amide bonds. The van der Waals surface area contributed by atoms with E-state index in [0.29, 0.717) is 0 Å². The van der Waals surface area contributed by atoms with Gasteiger partial charge in [-0.1, -0.05) is 0 Å². The molecule has 70 valence electrons. The molecule has 0 bridgehead atoms. The van der Waals surface area contributed by atoms with Crippen molar-refractivity contribution in [2.24, 2.45) is 0 Å². The van der Waals surface area contributed by atoms with E-state index in [2.05, 4.69) is 0 Å². The number of carboxylic acids is 1. The van der Waals surface area contributed by atoms with E-state index in [9.17, 15) is 22.4 Å². The van der Waals surface area contributed by atoms with Crippen LogP contribution in [-0.4, -0.2) is 28.7 Å². The number of aliphatic carboxylic acids is 1. The van der Waals surface area contributed by atoms with Gasteiger partial charge in [0.05, 0.1) is 0 Å². The Kier molecular flexibility index (Phi) is 3.68. The number of halogens is 4. The minimum atomic E-state index is -3.76. The zero-order valence-electron chi connectivity index (χ0n) is 5.47. The van der Waals surface area contributed by atoms with Crippen molar-refractivity contribution in [1.82, 2.24) is 0 Å². The Hall–Kier alpha value is -1.11. The molecule has 0 aliphatic carbocycles. The van der Waals surface area contributed by atoms with Crippen LogP contribution in [-0.2, 0) is 4.79 Å². The Morgan fingerprint density at radius 2 is 1.58 bits per heavy atom. The number of aliphatic hydroxyl groups is 1. The summed E-state index contributed by atoms with van der Waals surface area (Å²) in [5.74, 6) is -7.08. The van der Waals surface area contributed by atoms with Gasteiger partial charge in [0.2, 0.25) is 11.9 Å². The predicted octanol–water partition coefficient (Wildman–Crippen LogP) is 0.848. The van der Waals surface area contributed by atoms with Gasteiger partial charge in [-0.2, -0.15) is 0 Å². The molecule has 0 fully saturated rings. The summed E-state index contributed by atoms with van der Waals surface area (Å²) in [6.07, 6.45) is -6.64. The molecule has 0 saturated carbocycles. The highest BCUT2D eigenvalue weighted by Gasteiger charge is 2.27. The number of allylic oxidation sites excluding steroid dienone is 1. The second-order valence-electron chi connectivity index (χ2n) is 1.74. The molecule has 0 heterocycles. The topological polar surface area (TPSA) is 57.5 Å². The van der Waals surface area contributed by atoms with Crippen LogP contribution in [0.3, 0.4) is 0 Å². The van der Waals surface area contributed by atoms with Crippen molar-refractivity contribution in [3.63, 3.8) is 0 Å². The number of rotatable bonds is 3. The number of aliphatic hydroxyl groups excluding tert-OH is 1. The lowest BCUT2D eigenvalue weighted by molar-refractivity contribution is -0.145. The van der Waals surface area contributed by atoms with E-state index < -0.39 is 30.2 Å². The van der Waals surface area contributed by atoms with E-state index in [4.69, 9.17) is 10.2 Å². The molecular formula is C5H4F4O3. The summed E-state index contributed by atoms with van der Waals surface area (Å²) in [6.45, 7) is 0. The zero-order chi connectivity index (χ0) is 9.89. The van der Waals surface area contributed by atoms with Crippen LogP contribution in [0.25, 0.3) is 0 Å². The van der Waals surface area contributed by atoms with Crippen LogP contribution in [0, 0.1) is 0 Å². The first kappa shape index (κ1) is 10.9. The smallest absolute Gasteiger partial charge is 0.339 e. The van der Waals surface area contributed by atoms with Crippen molar-refractivity contribution in [2.75, 3.05) is 0 Å². The number of alkyl halides is 2. The van der Waals surface area contributed by atoms with E-state index in [1.54, 1.807) is 0 Å². The van der Waals surface area contributed by atoms with Crippen LogP contribution in [0.1, 0.15) is 0 Å². The van der Waals surface area contributed by atoms with Crippen LogP contribution in [0.15, 0.2) is 11.7 Å². The largest absolute Gasteiger partial charge is 0.479 e. The zero-order valence-corrected chi connectivity index (χ0v) is 5.47. The first-order valence-electron chi connectivity index (χ1n) is 2.62. The summed E-state index contributed by atoms with van der Waals surface area (Å²) in [5.41, 5.74) is 0. The second-order valence-corrected chi connectivity index (χ2v) is 1.74. The molecule has 0 spiro atoms. The third-order valence-corrected chi connectivity index (χ3v) is 0.894. The third-order valence-electron chi connectivity index (χ3n) is 0.894. The number of carbonyl (C=O) groups is 1. The fourth-order valence-corrected chi connectivity index (χ4v) is 0.343. The van der Waals surface area contributed by atoms with Gasteiger partial charge in [-0.05, 0) is 0 Å². The molecular weight excluding hydrogens is 184 g/mol. The molecule has 0 aromatic heterocycles. The average Bonchev–Trinajstić information content (AvgIpc) is 2.00. The molecule has 3 nitrogen and oxygen atoms in total. The second kappa shape index (κ2) is 4.05. The van der Waals surface area contributed by atoms with Gasteiger partial charge in [-0.15, -0.1) is 0 Å². The summed E-state index contributed by atoms with van der Waals surface area (Å²) in [6, 6.07) is 0. The summed E-state index contributed by atoms with van der Waals surface area (Å²) in [4.78, 5) is 9.73. The van der Waals surface area contributed by atoms with Crippen LogP contribution in [0.5, 0.6) is 0 Å². The fraction of sp³-hybridized carbons (Fsp3) is 0.400. The monoisotopic (exact) mass is 188 g/mol. The van der Waals surface area contributed by atoms with E-state index in [-0.39, 0.29) is 0 Å². The van der Waals surface area contributed by atoms with Crippen molar-refractivity contribution < 1.29 is 32.6 Å². The van der Waals surface area contributed by atoms with Gasteiger partial charge in [0.1, 0.15) is 0 Å². The lowest BCUT2D eigenvalue weighted by Crippen LogP contribution is -2.21. The fourth-order valence-electron chi connectivity index (χ4n) is 0.343. The van der Waals surface area contributed by atoms with Crippen molar-refractivity contribution in [3.05, 3.63) is 11.7 Å². The molecule has 0 aromatic rings. The summed E-state index contributed by atoms with van der Waals surface area (Å²) >= 11 is 0. The number of carboxylic acid groups (broad SMARTS) is 1. The molecule has 0 aliphatic rings. The van der Waals surface area contributed by atoms with Crippen molar-refractivity contribution in [3.8, 4) is 0 Å². The maximum absolute atomic E-state index is 12.1. The maximum Gasteiger partial charge on any atom is 0.339 e. The average molecular weight is 188 g/mol. The normalized spacial score (nSPS) is 15.8. The van der Waals surface area contributed by atoms with E-state index in [1.807, 2.05) is 0 Å². The van der Waals surface area contributed by atoms with E-state index in [0.717, 1.165) is 0 Å². The minimum Gasteiger partial charge on any atom is -0.479 e. The highest BCUT2D eigenvalue weighted by atomic mass is 19.3. The van der Waals surface area contributed by atoms with E-state index in [1.165, 1.54) is 0 Å².